The molecule has 2 unspecified atom stereocenters. The van der Waals surface area contributed by atoms with E-state index in [0.717, 1.165) is 6.42 Å². The van der Waals surface area contributed by atoms with Gasteiger partial charge in [-0.05, 0) is 103 Å². The Morgan fingerprint density at radius 3 is 1.74 bits per heavy atom. The molecule has 0 aliphatic heterocycles. The van der Waals surface area contributed by atoms with Gasteiger partial charge in [-0.1, -0.05) is 12.8 Å². The van der Waals surface area contributed by atoms with E-state index < -0.39 is 70.2 Å². The van der Waals surface area contributed by atoms with Gasteiger partial charge in [0.15, 0.2) is 16.6 Å². The minimum Gasteiger partial charge on any atom is -0.861 e. The average Bonchev–Trinajstić information content (AvgIpc) is 2.70. The molecule has 0 aliphatic carbocycles. The number of sulfonamides is 1. The van der Waals surface area contributed by atoms with Crippen molar-refractivity contribution in [3.05, 3.63) is 0 Å². The SMILES string of the molecule is COCCOCCC[Si](C)(O[Si](C)(C)O[Si](C)(C)C)O[Si](C)(CCCCC/C([O-])=N/S(=O)(=O)C(F)(F)F)O[Si](C)(C)C. The molecule has 19 heteroatoms. The maximum Gasteiger partial charge on any atom is 0.518 e. The molecular formula is C23H53F3NO9SSi5-. The number of nitrogens with zero attached hydrogens (tertiary/aromatic N) is 1. The molecule has 0 rings (SSSR count). The quantitative estimate of drug-likeness (QED) is 0.0593. The number of methoxy groups -OCH3 is 1. The van der Waals surface area contributed by atoms with Gasteiger partial charge >= 0.3 is 41.2 Å². The van der Waals surface area contributed by atoms with Crippen LogP contribution < -0.4 is 5.11 Å². The molecule has 0 saturated heterocycles. The standard InChI is InChI=1S/C23H54F3NO9SSi5/c1-31-18-19-32-17-15-21-42(11,35-40(8,9)33-38(2,3)4)36-41(10,34-39(5,6)7)20-14-12-13-16-22(28)27-37(29,30)23(24,25)26/h12-21H2,1-11H3,(H,27,28)/p-1. The molecule has 0 aromatic heterocycles. The average molecular weight is 717 g/mol. The Hall–Kier alpha value is 0.0544. The van der Waals surface area contributed by atoms with Crippen LogP contribution in [0.5, 0.6) is 0 Å². The number of hydrogen-bond acceptors (Lipinski definition) is 9. The Morgan fingerprint density at radius 2 is 1.24 bits per heavy atom. The minimum absolute atomic E-state index is 0.196. The van der Waals surface area contributed by atoms with Crippen LogP contribution >= 0.6 is 0 Å². The first-order valence-corrected chi connectivity index (χ1v) is 30.3. The fourth-order valence-corrected chi connectivity index (χ4v) is 28.8. The van der Waals surface area contributed by atoms with Crippen LogP contribution in [-0.4, -0.2) is 89.1 Å². The summed E-state index contributed by atoms with van der Waals surface area (Å²) in [6, 6.07) is 1.25. The van der Waals surface area contributed by atoms with Gasteiger partial charge in [0.1, 0.15) is 0 Å². The Kier molecular flexibility index (Phi) is 17.1. The fraction of sp³-hybridized carbons (Fsp3) is 0.957. The fourth-order valence-electron chi connectivity index (χ4n) is 4.50. The molecule has 0 heterocycles. The molecule has 0 radical (unpaired) electrons. The van der Waals surface area contributed by atoms with Crippen molar-refractivity contribution in [2.24, 2.45) is 4.40 Å². The van der Waals surface area contributed by atoms with E-state index in [2.05, 4.69) is 43.7 Å². The lowest BCUT2D eigenvalue weighted by molar-refractivity contribution is -0.218. The van der Waals surface area contributed by atoms with Crippen molar-refractivity contribution >= 4 is 58.2 Å². The largest absolute Gasteiger partial charge is 0.861 e. The summed E-state index contributed by atoms with van der Waals surface area (Å²) >= 11 is 0. The second-order valence-corrected chi connectivity index (χ2v) is 34.6. The molecular weight excluding hydrogens is 664 g/mol. The number of rotatable bonds is 22. The maximum absolute atomic E-state index is 12.5. The topological polar surface area (TPSA) is 125 Å². The zero-order valence-electron chi connectivity index (χ0n) is 27.2. The summed E-state index contributed by atoms with van der Waals surface area (Å²) < 4.78 is 99.7. The number of alkyl halides is 3. The summed E-state index contributed by atoms with van der Waals surface area (Å²) in [7, 11) is -16.4. The molecule has 0 N–H and O–H groups in total. The van der Waals surface area contributed by atoms with Crippen LogP contribution in [0.3, 0.4) is 0 Å². The molecule has 2 atom stereocenters. The molecule has 42 heavy (non-hydrogen) atoms. The first-order valence-electron chi connectivity index (χ1n) is 14.2. The van der Waals surface area contributed by atoms with E-state index in [-0.39, 0.29) is 6.42 Å². The van der Waals surface area contributed by atoms with Crippen LogP contribution in [0.15, 0.2) is 4.40 Å². The predicted molar refractivity (Wildman–Crippen MR) is 170 cm³/mol. The molecule has 0 aromatic rings. The van der Waals surface area contributed by atoms with E-state index >= 15 is 0 Å². The molecule has 0 amide bonds. The molecule has 10 nitrogen and oxygen atoms in total. The van der Waals surface area contributed by atoms with E-state index in [9.17, 15) is 26.7 Å². The monoisotopic (exact) mass is 716 g/mol. The predicted octanol–water partition coefficient (Wildman–Crippen LogP) is 5.79. The van der Waals surface area contributed by atoms with E-state index in [0.29, 0.717) is 44.8 Å². The molecule has 0 saturated carbocycles. The van der Waals surface area contributed by atoms with Crippen LogP contribution in [0.1, 0.15) is 32.1 Å². The number of ether oxygens (including phenoxy) is 2. The summed E-state index contributed by atoms with van der Waals surface area (Å²) in [5.74, 6) is -1.31. The minimum atomic E-state index is -5.83. The number of hydrogen-bond donors (Lipinski definition) is 0. The van der Waals surface area contributed by atoms with Crippen molar-refractivity contribution in [3.8, 4) is 0 Å². The molecule has 0 spiro atoms. The van der Waals surface area contributed by atoms with Gasteiger partial charge in [-0.25, -0.2) is 0 Å². The Labute approximate surface area is 256 Å². The maximum atomic E-state index is 12.5. The van der Waals surface area contributed by atoms with Crippen molar-refractivity contribution < 1.29 is 52.6 Å². The van der Waals surface area contributed by atoms with Gasteiger partial charge in [0.25, 0.3) is 0 Å². The highest BCUT2D eigenvalue weighted by Gasteiger charge is 2.49. The Bertz CT molecular complexity index is 947. The second kappa shape index (κ2) is 17.1. The lowest BCUT2D eigenvalue weighted by Crippen LogP contribution is -2.60. The van der Waals surface area contributed by atoms with Crippen LogP contribution in [0.25, 0.3) is 0 Å². The van der Waals surface area contributed by atoms with Crippen molar-refractivity contribution in [1.29, 1.82) is 0 Å². The summed E-state index contributed by atoms with van der Waals surface area (Å²) in [6.45, 7) is 22.3. The highest BCUT2D eigenvalue weighted by atomic mass is 32.2. The highest BCUT2D eigenvalue weighted by Crippen LogP contribution is 2.32. The third-order valence-electron chi connectivity index (χ3n) is 5.35. The zero-order valence-corrected chi connectivity index (χ0v) is 33.1. The zero-order chi connectivity index (χ0) is 33.1. The smallest absolute Gasteiger partial charge is 0.518 e. The second-order valence-electron chi connectivity index (χ2n) is 13.0. The van der Waals surface area contributed by atoms with Crippen LogP contribution in [-0.2, 0) is 36.0 Å². The Balaban J connectivity index is 5.67. The van der Waals surface area contributed by atoms with Gasteiger partial charge in [0.2, 0.25) is 0 Å². The van der Waals surface area contributed by atoms with Gasteiger partial charge in [-0.15, -0.1) is 0 Å². The first kappa shape index (κ1) is 42.1. The normalized spacial score (nSPS) is 17.2. The molecule has 0 fully saturated rings. The van der Waals surface area contributed by atoms with E-state index in [1.165, 1.54) is 0 Å². The number of halogens is 3. The van der Waals surface area contributed by atoms with E-state index in [4.69, 9.17) is 25.9 Å². The summed E-state index contributed by atoms with van der Waals surface area (Å²) in [5, 5.41) is 11.7. The van der Waals surface area contributed by atoms with E-state index in [1.807, 2.05) is 26.2 Å². The Morgan fingerprint density at radius 1 is 0.714 bits per heavy atom. The van der Waals surface area contributed by atoms with E-state index in [1.54, 1.807) is 7.11 Å². The third-order valence-corrected chi connectivity index (χ3v) is 24.6. The van der Waals surface area contributed by atoms with Gasteiger partial charge in [-0.2, -0.15) is 26.0 Å². The van der Waals surface area contributed by atoms with Crippen molar-refractivity contribution in [1.82, 2.24) is 0 Å². The van der Waals surface area contributed by atoms with Gasteiger partial charge < -0.3 is 31.0 Å². The summed E-state index contributed by atoms with van der Waals surface area (Å²) in [4.78, 5) is 0. The molecule has 0 aliphatic rings. The molecule has 252 valence electrons. The third kappa shape index (κ3) is 19.4. The van der Waals surface area contributed by atoms with Crippen LogP contribution in [0.2, 0.25) is 77.6 Å². The van der Waals surface area contributed by atoms with Crippen LogP contribution in [0.4, 0.5) is 13.2 Å². The molecule has 0 aromatic carbocycles. The number of unbranched alkanes of at least 4 members (excludes halogenated alkanes) is 2. The van der Waals surface area contributed by atoms with Crippen molar-refractivity contribution in [2.75, 3.05) is 26.9 Å². The van der Waals surface area contributed by atoms with Crippen molar-refractivity contribution in [3.63, 3.8) is 0 Å². The lowest BCUT2D eigenvalue weighted by Gasteiger charge is -2.44. The van der Waals surface area contributed by atoms with Crippen molar-refractivity contribution in [2.45, 2.75) is 115 Å². The summed E-state index contributed by atoms with van der Waals surface area (Å²) in [5.41, 5.74) is -5.59. The highest BCUT2D eigenvalue weighted by molar-refractivity contribution is 7.91. The first-order chi connectivity index (χ1) is 18.7. The summed E-state index contributed by atoms with van der Waals surface area (Å²) in [6.07, 6.45) is 1.59. The lowest BCUT2D eigenvalue weighted by atomic mass is 10.2. The molecule has 0 bridgehead atoms. The van der Waals surface area contributed by atoms with Gasteiger partial charge in [-0.3, -0.25) is 0 Å². The van der Waals surface area contributed by atoms with Crippen LogP contribution in [0, 0.1) is 0 Å². The van der Waals surface area contributed by atoms with Gasteiger partial charge in [0, 0.05) is 13.7 Å². The van der Waals surface area contributed by atoms with Gasteiger partial charge in [0.05, 0.1) is 13.2 Å².